The highest BCUT2D eigenvalue weighted by atomic mass is 16.5. The molecule has 0 amide bonds. The summed E-state index contributed by atoms with van der Waals surface area (Å²) in [6.45, 7) is 10.6. The summed E-state index contributed by atoms with van der Waals surface area (Å²) in [4.78, 5) is 0. The molecule has 3 N–H and O–H groups in total. The molecular formula is C13H28N2O2. The van der Waals surface area contributed by atoms with E-state index in [1.54, 1.807) is 7.11 Å². The summed E-state index contributed by atoms with van der Waals surface area (Å²) in [6.07, 6.45) is 2.13. The number of methoxy groups -OCH3 is 1. The maximum Gasteiger partial charge on any atom is 0.0678 e. The van der Waals surface area contributed by atoms with Crippen molar-refractivity contribution in [2.24, 2.45) is 11.8 Å². The van der Waals surface area contributed by atoms with E-state index in [0.717, 1.165) is 12.8 Å². The molecule has 3 atom stereocenters. The van der Waals surface area contributed by atoms with E-state index in [1.807, 2.05) is 0 Å². The van der Waals surface area contributed by atoms with E-state index >= 15 is 0 Å². The van der Waals surface area contributed by atoms with Crippen molar-refractivity contribution in [1.29, 1.82) is 0 Å². The second-order valence-corrected chi connectivity index (χ2v) is 6.33. The van der Waals surface area contributed by atoms with E-state index in [2.05, 4.69) is 40.0 Å². The zero-order chi connectivity index (χ0) is 13.3. The van der Waals surface area contributed by atoms with Gasteiger partial charge in [0.1, 0.15) is 0 Å². The Hall–Kier alpha value is -0.160. The minimum Gasteiger partial charge on any atom is -0.382 e. The zero-order valence-corrected chi connectivity index (χ0v) is 12.0. The number of rotatable bonds is 5. The monoisotopic (exact) mass is 244 g/mol. The van der Waals surface area contributed by atoms with Crippen LogP contribution in [0.25, 0.3) is 0 Å². The van der Waals surface area contributed by atoms with E-state index in [0.29, 0.717) is 5.92 Å². The predicted octanol–water partition coefficient (Wildman–Crippen LogP) is 1.84. The molecule has 4 heteroatoms. The van der Waals surface area contributed by atoms with Gasteiger partial charge in [-0.2, -0.15) is 0 Å². The maximum absolute atomic E-state index is 6.11. The van der Waals surface area contributed by atoms with Gasteiger partial charge in [0.05, 0.1) is 17.3 Å². The normalized spacial score (nSPS) is 30.2. The number of nitrogens with two attached hydrogens (primary N) is 1. The third-order valence-corrected chi connectivity index (χ3v) is 3.83. The van der Waals surface area contributed by atoms with Gasteiger partial charge in [-0.1, -0.05) is 0 Å². The van der Waals surface area contributed by atoms with Crippen molar-refractivity contribution in [1.82, 2.24) is 5.43 Å². The fraction of sp³-hybridized carbons (Fsp3) is 1.00. The predicted molar refractivity (Wildman–Crippen MR) is 69.5 cm³/mol. The van der Waals surface area contributed by atoms with Crippen molar-refractivity contribution in [3.8, 4) is 0 Å². The molecule has 0 aromatic rings. The number of ether oxygens (including phenoxy) is 2. The van der Waals surface area contributed by atoms with Crippen LogP contribution in [0.5, 0.6) is 0 Å². The first-order valence-corrected chi connectivity index (χ1v) is 6.41. The minimum atomic E-state index is -0.145. The van der Waals surface area contributed by atoms with Gasteiger partial charge in [0.25, 0.3) is 0 Å². The maximum atomic E-state index is 6.11. The Labute approximate surface area is 105 Å². The second kappa shape index (κ2) is 5.22. The van der Waals surface area contributed by atoms with Crippen molar-refractivity contribution in [3.05, 3.63) is 0 Å². The van der Waals surface area contributed by atoms with Crippen LogP contribution in [-0.4, -0.2) is 30.5 Å². The summed E-state index contributed by atoms with van der Waals surface area (Å²) < 4.78 is 11.4. The van der Waals surface area contributed by atoms with Crippen LogP contribution in [0.4, 0.5) is 0 Å². The molecule has 0 spiro atoms. The first kappa shape index (κ1) is 14.9. The topological polar surface area (TPSA) is 56.5 Å². The van der Waals surface area contributed by atoms with Crippen molar-refractivity contribution in [2.75, 3.05) is 7.11 Å². The summed E-state index contributed by atoms with van der Waals surface area (Å²) in [7, 11) is 1.73. The first-order chi connectivity index (χ1) is 7.72. The van der Waals surface area contributed by atoms with Crippen LogP contribution >= 0.6 is 0 Å². The zero-order valence-electron chi connectivity index (χ0n) is 12.0. The lowest BCUT2D eigenvalue weighted by atomic mass is 9.80. The number of hydrogen-bond donors (Lipinski definition) is 2. The molecule has 1 saturated heterocycles. The molecule has 17 heavy (non-hydrogen) atoms. The smallest absolute Gasteiger partial charge is 0.0678 e. The fourth-order valence-electron chi connectivity index (χ4n) is 3.03. The molecule has 0 radical (unpaired) electrons. The third kappa shape index (κ3) is 3.65. The molecule has 0 aromatic heterocycles. The highest BCUT2D eigenvalue weighted by Crippen LogP contribution is 2.44. The van der Waals surface area contributed by atoms with Gasteiger partial charge in [0.15, 0.2) is 0 Å². The Balaban J connectivity index is 2.75. The van der Waals surface area contributed by atoms with Crippen molar-refractivity contribution in [2.45, 2.75) is 70.8 Å². The molecule has 1 aliphatic rings. The summed E-state index contributed by atoms with van der Waals surface area (Å²) >= 11 is 0. The Bertz CT molecular complexity index is 254. The largest absolute Gasteiger partial charge is 0.382 e. The molecule has 1 aliphatic heterocycles. The van der Waals surface area contributed by atoms with E-state index in [1.165, 1.54) is 0 Å². The van der Waals surface area contributed by atoms with Gasteiger partial charge in [0, 0.05) is 19.1 Å². The molecule has 4 nitrogen and oxygen atoms in total. The standard InChI is InChI=1S/C13H28N2O2/c1-9(16-6)7-11(15-14)10-8-12(2,3)17-13(10,4)5/h9-11,15H,7-8,14H2,1-6H3. The van der Waals surface area contributed by atoms with Crippen LogP contribution in [-0.2, 0) is 9.47 Å². The molecule has 0 aromatic carbocycles. The van der Waals surface area contributed by atoms with Crippen LogP contribution in [0.1, 0.15) is 47.5 Å². The number of hydrogen-bond acceptors (Lipinski definition) is 4. The molecular weight excluding hydrogens is 216 g/mol. The molecule has 0 saturated carbocycles. The van der Waals surface area contributed by atoms with Crippen molar-refractivity contribution in [3.63, 3.8) is 0 Å². The van der Waals surface area contributed by atoms with Gasteiger partial charge in [-0.25, -0.2) is 0 Å². The van der Waals surface area contributed by atoms with Crippen molar-refractivity contribution >= 4 is 0 Å². The highest BCUT2D eigenvalue weighted by molar-refractivity contribution is 4.99. The third-order valence-electron chi connectivity index (χ3n) is 3.83. The average molecular weight is 244 g/mol. The fourth-order valence-corrected chi connectivity index (χ4v) is 3.03. The van der Waals surface area contributed by atoms with E-state index in [4.69, 9.17) is 15.3 Å². The van der Waals surface area contributed by atoms with Crippen LogP contribution < -0.4 is 11.3 Å². The van der Waals surface area contributed by atoms with Gasteiger partial charge >= 0.3 is 0 Å². The molecule has 3 unspecified atom stereocenters. The quantitative estimate of drug-likeness (QED) is 0.572. The molecule has 1 fully saturated rings. The average Bonchev–Trinajstić information content (AvgIpc) is 2.42. The number of nitrogens with one attached hydrogen (secondary N) is 1. The molecule has 0 bridgehead atoms. The molecule has 1 heterocycles. The lowest BCUT2D eigenvalue weighted by Crippen LogP contribution is -2.48. The van der Waals surface area contributed by atoms with Crippen LogP contribution in [0.3, 0.4) is 0 Å². The summed E-state index contributed by atoms with van der Waals surface area (Å²) in [5.74, 6) is 6.11. The van der Waals surface area contributed by atoms with Gasteiger partial charge in [-0.05, 0) is 47.5 Å². The molecule has 1 rings (SSSR count). The Morgan fingerprint density at radius 2 is 2.00 bits per heavy atom. The van der Waals surface area contributed by atoms with Crippen molar-refractivity contribution < 1.29 is 9.47 Å². The Morgan fingerprint density at radius 3 is 2.35 bits per heavy atom. The highest BCUT2D eigenvalue weighted by Gasteiger charge is 2.48. The van der Waals surface area contributed by atoms with Crippen LogP contribution in [0.15, 0.2) is 0 Å². The van der Waals surface area contributed by atoms with E-state index in [9.17, 15) is 0 Å². The van der Waals surface area contributed by atoms with Crippen LogP contribution in [0, 0.1) is 5.92 Å². The SMILES string of the molecule is COC(C)CC(NN)C1CC(C)(C)OC1(C)C. The molecule has 102 valence electrons. The minimum absolute atomic E-state index is 0.0699. The van der Waals surface area contributed by atoms with Gasteiger partial charge < -0.3 is 9.47 Å². The summed E-state index contributed by atoms with van der Waals surface area (Å²) in [5, 5.41) is 0. The van der Waals surface area contributed by atoms with E-state index in [-0.39, 0.29) is 23.3 Å². The Morgan fingerprint density at radius 1 is 1.41 bits per heavy atom. The lowest BCUT2D eigenvalue weighted by Gasteiger charge is -2.33. The van der Waals surface area contributed by atoms with Crippen LogP contribution in [0.2, 0.25) is 0 Å². The first-order valence-electron chi connectivity index (χ1n) is 6.41. The molecule has 0 aliphatic carbocycles. The second-order valence-electron chi connectivity index (χ2n) is 6.33. The van der Waals surface area contributed by atoms with Gasteiger partial charge in [0.2, 0.25) is 0 Å². The Kier molecular flexibility index (Phi) is 4.58. The summed E-state index contributed by atoms with van der Waals surface area (Å²) in [6, 6.07) is 0.224. The van der Waals surface area contributed by atoms with Gasteiger partial charge in [-0.15, -0.1) is 0 Å². The summed E-state index contributed by atoms with van der Waals surface area (Å²) in [5.41, 5.74) is 2.73. The number of hydrazine groups is 1. The lowest BCUT2D eigenvalue weighted by molar-refractivity contribution is -0.0790. The van der Waals surface area contributed by atoms with E-state index < -0.39 is 0 Å². The van der Waals surface area contributed by atoms with Gasteiger partial charge in [-0.3, -0.25) is 11.3 Å².